The Bertz CT molecular complexity index is 594. The smallest absolute Gasteiger partial charge is 0.0765 e. The quantitative estimate of drug-likeness (QED) is 0.573. The molecule has 1 aliphatic heterocycles. The molecule has 0 N–H and O–H groups in total. The zero-order chi connectivity index (χ0) is 12.9. The van der Waals surface area contributed by atoms with E-state index < -0.39 is 0 Å². The number of hydrogen-bond acceptors (Lipinski definition) is 0. The van der Waals surface area contributed by atoms with E-state index >= 15 is 0 Å². The summed E-state index contributed by atoms with van der Waals surface area (Å²) in [5.41, 5.74) is 4.07. The Kier molecular flexibility index (Phi) is 3.46. The highest BCUT2D eigenvalue weighted by atomic mass is 15.0. The van der Waals surface area contributed by atoms with E-state index in [1.807, 2.05) is 6.07 Å². The summed E-state index contributed by atoms with van der Waals surface area (Å²) in [7, 11) is 0. The van der Waals surface area contributed by atoms with Gasteiger partial charge in [0.1, 0.15) is 0 Å². The van der Waals surface area contributed by atoms with Gasteiger partial charge in [-0.25, -0.2) is 0 Å². The molecule has 2 aromatic rings. The normalized spacial score (nSPS) is 16.2. The third-order valence-corrected chi connectivity index (χ3v) is 3.27. The molecule has 0 unspecified atom stereocenters. The number of hydrogen-bond donors (Lipinski definition) is 0. The van der Waals surface area contributed by atoms with E-state index in [0.29, 0.717) is 0 Å². The van der Waals surface area contributed by atoms with Crippen molar-refractivity contribution in [3.63, 3.8) is 0 Å². The molecule has 0 bridgehead atoms. The molecular formula is C18H17N. The Morgan fingerprint density at radius 2 is 1.63 bits per heavy atom. The molecule has 0 aliphatic carbocycles. The zero-order valence-electron chi connectivity index (χ0n) is 10.9. The Morgan fingerprint density at radius 3 is 2.37 bits per heavy atom. The lowest BCUT2D eigenvalue weighted by atomic mass is 10.1. The minimum absolute atomic E-state index is 1.04. The van der Waals surface area contributed by atoms with Gasteiger partial charge in [-0.2, -0.15) is 0 Å². The average Bonchev–Trinajstić information content (AvgIpc) is 2.88. The lowest BCUT2D eigenvalue weighted by Gasteiger charge is -1.99. The standard InChI is InChI=1S/C18H17N/c1-3-7-16(8-4-1)13-18-11-12-19(15-18)14-17-9-5-2-6-10-17/h1-10,12,14-15H,11,13H2. The van der Waals surface area contributed by atoms with Gasteiger partial charge in [0.25, 0.3) is 0 Å². The highest BCUT2D eigenvalue weighted by Crippen LogP contribution is 2.18. The van der Waals surface area contributed by atoms with Gasteiger partial charge >= 0.3 is 0 Å². The van der Waals surface area contributed by atoms with Gasteiger partial charge < -0.3 is 4.58 Å². The summed E-state index contributed by atoms with van der Waals surface area (Å²) in [5, 5.41) is 0. The van der Waals surface area contributed by atoms with E-state index in [4.69, 9.17) is 0 Å². The lowest BCUT2D eigenvalue weighted by Crippen LogP contribution is -1.97. The molecule has 94 valence electrons. The number of benzene rings is 2. The van der Waals surface area contributed by atoms with Gasteiger partial charge in [-0.3, -0.25) is 0 Å². The maximum absolute atomic E-state index is 2.24. The zero-order valence-corrected chi connectivity index (χ0v) is 10.9. The highest BCUT2D eigenvalue weighted by molar-refractivity contribution is 5.75. The van der Waals surface area contributed by atoms with Crippen molar-refractivity contribution in [2.75, 3.05) is 0 Å². The fourth-order valence-corrected chi connectivity index (χ4v) is 2.32. The second-order valence-electron chi connectivity index (χ2n) is 4.82. The van der Waals surface area contributed by atoms with Crippen molar-refractivity contribution in [3.8, 4) is 0 Å². The molecule has 1 heterocycles. The molecule has 0 aromatic heterocycles. The van der Waals surface area contributed by atoms with Gasteiger partial charge in [-0.1, -0.05) is 66.2 Å². The van der Waals surface area contributed by atoms with Crippen molar-refractivity contribution in [2.45, 2.75) is 12.8 Å². The van der Waals surface area contributed by atoms with Crippen molar-refractivity contribution in [1.82, 2.24) is 0 Å². The molecule has 3 rings (SSSR count). The summed E-state index contributed by atoms with van der Waals surface area (Å²) in [5.74, 6) is 0. The Hall–Kier alpha value is -2.28. The fourth-order valence-electron chi connectivity index (χ4n) is 2.32. The molecule has 0 fully saturated rings. The van der Waals surface area contributed by atoms with Crippen LogP contribution < -0.4 is 0 Å². The van der Waals surface area contributed by atoms with Crippen LogP contribution in [0, 0.1) is 6.54 Å². The number of nitrogens with zero attached hydrogens (tertiary/aromatic N) is 1. The van der Waals surface area contributed by atoms with Gasteiger partial charge in [-0.15, -0.1) is 0 Å². The van der Waals surface area contributed by atoms with E-state index in [-0.39, 0.29) is 0 Å². The topological polar surface area (TPSA) is 3.01 Å². The molecule has 1 nitrogen and oxygen atoms in total. The average molecular weight is 247 g/mol. The molecule has 0 saturated heterocycles. The molecule has 0 atom stereocenters. The van der Waals surface area contributed by atoms with Crippen LogP contribution in [0.25, 0.3) is 0 Å². The summed E-state index contributed by atoms with van der Waals surface area (Å²) in [4.78, 5) is 0. The molecular weight excluding hydrogens is 230 g/mol. The van der Waals surface area contributed by atoms with Crippen molar-refractivity contribution in [1.29, 1.82) is 0 Å². The molecule has 0 saturated carbocycles. The summed E-state index contributed by atoms with van der Waals surface area (Å²) in [6, 6.07) is 21.1. The van der Waals surface area contributed by atoms with Gasteiger partial charge in [0.2, 0.25) is 0 Å². The van der Waals surface area contributed by atoms with Crippen LogP contribution in [-0.4, -0.2) is 10.8 Å². The summed E-state index contributed by atoms with van der Waals surface area (Å²) in [6.07, 6.45) is 6.48. The minimum atomic E-state index is 1.04. The van der Waals surface area contributed by atoms with Crippen LogP contribution in [0.15, 0.2) is 72.4 Å². The van der Waals surface area contributed by atoms with Crippen molar-refractivity contribution < 1.29 is 4.58 Å². The van der Waals surface area contributed by atoms with Crippen molar-refractivity contribution in [3.05, 3.63) is 90.1 Å². The predicted molar refractivity (Wildman–Crippen MR) is 79.0 cm³/mol. The summed E-state index contributed by atoms with van der Waals surface area (Å²) >= 11 is 0. The molecule has 1 aliphatic rings. The second kappa shape index (κ2) is 5.57. The van der Waals surface area contributed by atoms with E-state index in [1.165, 1.54) is 16.7 Å². The van der Waals surface area contributed by atoms with Crippen molar-refractivity contribution in [2.24, 2.45) is 0 Å². The van der Waals surface area contributed by atoms with Crippen LogP contribution in [0.4, 0.5) is 0 Å². The van der Waals surface area contributed by atoms with Gasteiger partial charge in [0.15, 0.2) is 0 Å². The van der Waals surface area contributed by atoms with E-state index in [2.05, 4.69) is 78.1 Å². The Balaban J connectivity index is 1.73. The third-order valence-electron chi connectivity index (χ3n) is 3.27. The predicted octanol–water partition coefficient (Wildman–Crippen LogP) is 3.81. The largest absolute Gasteiger partial charge is 0.336 e. The van der Waals surface area contributed by atoms with Gasteiger partial charge in [0, 0.05) is 0 Å². The van der Waals surface area contributed by atoms with E-state index in [1.54, 1.807) is 0 Å². The Morgan fingerprint density at radius 1 is 0.947 bits per heavy atom. The first-order chi connectivity index (χ1) is 9.40. The molecule has 19 heavy (non-hydrogen) atoms. The van der Waals surface area contributed by atoms with Crippen molar-refractivity contribution >= 4 is 6.21 Å². The highest BCUT2D eigenvalue weighted by Gasteiger charge is 2.08. The van der Waals surface area contributed by atoms with Crippen LogP contribution >= 0.6 is 0 Å². The van der Waals surface area contributed by atoms with Crippen LogP contribution in [0.1, 0.15) is 17.5 Å². The second-order valence-corrected chi connectivity index (χ2v) is 4.82. The maximum atomic E-state index is 2.24. The lowest BCUT2D eigenvalue weighted by molar-refractivity contribution is -0.398. The summed E-state index contributed by atoms with van der Waals surface area (Å²) < 4.78 is 2.17. The number of rotatable bonds is 3. The van der Waals surface area contributed by atoms with E-state index in [9.17, 15) is 0 Å². The summed E-state index contributed by atoms with van der Waals surface area (Å²) in [6.45, 7) is 2.23. The van der Waals surface area contributed by atoms with Crippen LogP contribution in [0.5, 0.6) is 0 Å². The third kappa shape index (κ3) is 3.14. The monoisotopic (exact) mass is 247 g/mol. The SMILES string of the molecule is C1=C(Cc2ccccc2)C[CH-][N+]1=Cc1ccccc1. The molecule has 0 amide bonds. The molecule has 2 aromatic carbocycles. The molecule has 0 spiro atoms. The van der Waals surface area contributed by atoms with Crippen LogP contribution in [0.3, 0.4) is 0 Å². The van der Waals surface area contributed by atoms with E-state index in [0.717, 1.165) is 12.8 Å². The maximum Gasteiger partial charge on any atom is 0.0765 e. The minimum Gasteiger partial charge on any atom is -0.336 e. The first-order valence-electron chi connectivity index (χ1n) is 6.64. The first kappa shape index (κ1) is 11.8. The Labute approximate surface area is 114 Å². The van der Waals surface area contributed by atoms with Gasteiger partial charge in [-0.05, 0) is 24.0 Å². The fraction of sp³-hybridized carbons (Fsp3) is 0.111. The van der Waals surface area contributed by atoms with Gasteiger partial charge in [0.05, 0.1) is 19.0 Å². The first-order valence-corrected chi connectivity index (χ1v) is 6.64. The molecule has 1 heteroatoms. The van der Waals surface area contributed by atoms with Crippen LogP contribution in [0.2, 0.25) is 0 Å². The molecule has 0 radical (unpaired) electrons. The van der Waals surface area contributed by atoms with Crippen LogP contribution in [-0.2, 0) is 6.42 Å².